The molecule has 0 bridgehead atoms. The van der Waals surface area contributed by atoms with E-state index in [2.05, 4.69) is 12.2 Å². The predicted molar refractivity (Wildman–Crippen MR) is 93.8 cm³/mol. The van der Waals surface area contributed by atoms with Crippen LogP contribution < -0.4 is 5.32 Å². The summed E-state index contributed by atoms with van der Waals surface area (Å²) in [4.78, 5) is 23.5. The van der Waals surface area contributed by atoms with Crippen LogP contribution in [0.3, 0.4) is 0 Å². The topological polar surface area (TPSA) is 66.4 Å². The lowest BCUT2D eigenvalue weighted by atomic mass is 9.96. The van der Waals surface area contributed by atoms with E-state index >= 15 is 0 Å². The molecule has 24 heavy (non-hydrogen) atoms. The van der Waals surface area contributed by atoms with Crippen LogP contribution in [0.1, 0.15) is 36.8 Å². The summed E-state index contributed by atoms with van der Waals surface area (Å²) >= 11 is 0. The van der Waals surface area contributed by atoms with Crippen molar-refractivity contribution >= 4 is 11.9 Å². The molecule has 0 saturated heterocycles. The largest absolute Gasteiger partial charge is 0.480 e. The van der Waals surface area contributed by atoms with Gasteiger partial charge in [0.1, 0.15) is 6.04 Å². The Morgan fingerprint density at radius 3 is 2.17 bits per heavy atom. The van der Waals surface area contributed by atoms with Crippen LogP contribution in [-0.4, -0.2) is 23.0 Å². The molecular formula is C20H23NO3. The smallest absolute Gasteiger partial charge is 0.326 e. The van der Waals surface area contributed by atoms with Crippen LogP contribution in [-0.2, 0) is 16.0 Å². The Bertz CT molecular complexity index is 655. The van der Waals surface area contributed by atoms with Gasteiger partial charge >= 0.3 is 5.97 Å². The van der Waals surface area contributed by atoms with Gasteiger partial charge < -0.3 is 10.4 Å². The molecule has 2 aromatic carbocycles. The molecule has 4 nitrogen and oxygen atoms in total. The molecular weight excluding hydrogens is 302 g/mol. The summed E-state index contributed by atoms with van der Waals surface area (Å²) in [6.07, 6.45) is 1.29. The van der Waals surface area contributed by atoms with Crippen LogP contribution >= 0.6 is 0 Å². The van der Waals surface area contributed by atoms with Crippen molar-refractivity contribution < 1.29 is 14.7 Å². The second-order valence-electron chi connectivity index (χ2n) is 6.00. The van der Waals surface area contributed by atoms with Gasteiger partial charge in [-0.2, -0.15) is 0 Å². The van der Waals surface area contributed by atoms with Crippen LogP contribution in [0, 0.1) is 0 Å². The molecule has 0 radical (unpaired) electrons. The number of carbonyl (C=O) groups is 2. The summed E-state index contributed by atoms with van der Waals surface area (Å²) in [5, 5.41) is 12.0. The third-order valence-corrected chi connectivity index (χ3v) is 4.09. The minimum atomic E-state index is -1.01. The van der Waals surface area contributed by atoms with Gasteiger partial charge in [0.05, 0.1) is 0 Å². The first-order valence-electron chi connectivity index (χ1n) is 8.17. The monoisotopic (exact) mass is 325 g/mol. The van der Waals surface area contributed by atoms with Crippen molar-refractivity contribution in [3.8, 4) is 0 Å². The van der Waals surface area contributed by atoms with Crippen LogP contribution in [0.4, 0.5) is 0 Å². The quantitative estimate of drug-likeness (QED) is 0.782. The zero-order valence-corrected chi connectivity index (χ0v) is 13.8. The van der Waals surface area contributed by atoms with E-state index in [1.807, 2.05) is 60.7 Å². The van der Waals surface area contributed by atoms with Gasteiger partial charge in [-0.1, -0.05) is 67.6 Å². The molecule has 0 aromatic heterocycles. The summed E-state index contributed by atoms with van der Waals surface area (Å²) in [6.45, 7) is 2.07. The van der Waals surface area contributed by atoms with Crippen LogP contribution in [0.5, 0.6) is 0 Å². The average Bonchev–Trinajstić information content (AvgIpc) is 2.60. The highest BCUT2D eigenvalue weighted by Crippen LogP contribution is 2.19. The number of aliphatic carboxylic acids is 1. The van der Waals surface area contributed by atoms with Crippen molar-refractivity contribution in [2.24, 2.45) is 0 Å². The SMILES string of the molecule is CC(CCC(=O)NC(Cc1ccccc1)C(=O)O)c1ccccc1. The number of benzene rings is 2. The lowest BCUT2D eigenvalue weighted by Crippen LogP contribution is -2.42. The van der Waals surface area contributed by atoms with E-state index in [1.165, 1.54) is 5.56 Å². The zero-order chi connectivity index (χ0) is 17.4. The molecule has 2 unspecified atom stereocenters. The Hall–Kier alpha value is -2.62. The third kappa shape index (κ3) is 5.54. The van der Waals surface area contributed by atoms with Crippen molar-refractivity contribution in [1.82, 2.24) is 5.32 Å². The molecule has 0 fully saturated rings. The van der Waals surface area contributed by atoms with Gasteiger partial charge in [0.2, 0.25) is 5.91 Å². The number of amides is 1. The maximum atomic E-state index is 12.1. The highest BCUT2D eigenvalue weighted by molar-refractivity contribution is 5.83. The molecule has 1 amide bonds. The molecule has 0 aliphatic heterocycles. The van der Waals surface area contributed by atoms with Gasteiger partial charge in [0.15, 0.2) is 0 Å². The summed E-state index contributed by atoms with van der Waals surface area (Å²) < 4.78 is 0. The zero-order valence-electron chi connectivity index (χ0n) is 13.8. The Balaban J connectivity index is 1.85. The van der Waals surface area contributed by atoms with Crippen molar-refractivity contribution in [2.45, 2.75) is 38.1 Å². The number of carbonyl (C=O) groups excluding carboxylic acids is 1. The fourth-order valence-electron chi connectivity index (χ4n) is 2.61. The fraction of sp³-hybridized carbons (Fsp3) is 0.300. The molecule has 0 aliphatic carbocycles. The number of carboxylic acid groups (broad SMARTS) is 1. The minimum Gasteiger partial charge on any atom is -0.480 e. The Labute approximate surface area is 142 Å². The van der Waals surface area contributed by atoms with Crippen LogP contribution in [0.25, 0.3) is 0 Å². The van der Waals surface area contributed by atoms with E-state index in [0.717, 1.165) is 5.56 Å². The van der Waals surface area contributed by atoms with Crippen molar-refractivity contribution in [1.29, 1.82) is 0 Å². The second kappa shape index (κ2) is 8.87. The first kappa shape index (κ1) is 17.7. The van der Waals surface area contributed by atoms with Crippen molar-refractivity contribution in [3.63, 3.8) is 0 Å². The van der Waals surface area contributed by atoms with E-state index in [-0.39, 0.29) is 18.2 Å². The van der Waals surface area contributed by atoms with E-state index < -0.39 is 12.0 Å². The van der Waals surface area contributed by atoms with Gasteiger partial charge in [-0.3, -0.25) is 4.79 Å². The molecule has 2 N–H and O–H groups in total. The van der Waals surface area contributed by atoms with Crippen LogP contribution in [0.2, 0.25) is 0 Å². The van der Waals surface area contributed by atoms with Crippen molar-refractivity contribution in [3.05, 3.63) is 71.8 Å². The van der Waals surface area contributed by atoms with Gasteiger partial charge in [-0.25, -0.2) is 4.79 Å². The maximum absolute atomic E-state index is 12.1. The Morgan fingerprint density at radius 2 is 1.58 bits per heavy atom. The second-order valence-corrected chi connectivity index (χ2v) is 6.00. The summed E-state index contributed by atoms with van der Waals surface area (Å²) in [7, 11) is 0. The summed E-state index contributed by atoms with van der Waals surface area (Å²) in [5.74, 6) is -0.973. The van der Waals surface area contributed by atoms with E-state index in [4.69, 9.17) is 0 Å². The number of nitrogens with one attached hydrogen (secondary N) is 1. The van der Waals surface area contributed by atoms with Gasteiger partial charge in [-0.05, 0) is 23.5 Å². The van der Waals surface area contributed by atoms with E-state index in [1.54, 1.807) is 0 Å². The molecule has 0 aliphatic rings. The number of carboxylic acids is 1. The molecule has 4 heteroatoms. The first-order valence-corrected chi connectivity index (χ1v) is 8.17. The number of hydrogen-bond donors (Lipinski definition) is 2. The van der Waals surface area contributed by atoms with E-state index in [0.29, 0.717) is 12.8 Å². The fourth-order valence-corrected chi connectivity index (χ4v) is 2.61. The highest BCUT2D eigenvalue weighted by Gasteiger charge is 2.20. The highest BCUT2D eigenvalue weighted by atomic mass is 16.4. The van der Waals surface area contributed by atoms with Gasteiger partial charge in [0.25, 0.3) is 0 Å². The molecule has 2 rings (SSSR count). The lowest BCUT2D eigenvalue weighted by molar-refractivity contribution is -0.141. The maximum Gasteiger partial charge on any atom is 0.326 e. The normalized spacial score (nSPS) is 13.0. The molecule has 2 atom stereocenters. The third-order valence-electron chi connectivity index (χ3n) is 4.09. The Morgan fingerprint density at radius 1 is 1.00 bits per heavy atom. The van der Waals surface area contributed by atoms with Crippen molar-refractivity contribution in [2.75, 3.05) is 0 Å². The molecule has 0 saturated carbocycles. The molecule has 0 spiro atoms. The Kier molecular flexibility index (Phi) is 6.55. The minimum absolute atomic E-state index is 0.221. The predicted octanol–water partition coefficient (Wildman–Crippen LogP) is 3.38. The lowest BCUT2D eigenvalue weighted by Gasteiger charge is -2.16. The van der Waals surface area contributed by atoms with Gasteiger partial charge in [-0.15, -0.1) is 0 Å². The first-order chi connectivity index (χ1) is 11.6. The molecule has 126 valence electrons. The summed E-state index contributed by atoms with van der Waals surface area (Å²) in [5.41, 5.74) is 2.08. The van der Waals surface area contributed by atoms with Crippen LogP contribution in [0.15, 0.2) is 60.7 Å². The van der Waals surface area contributed by atoms with E-state index in [9.17, 15) is 14.7 Å². The standard InChI is InChI=1S/C20H23NO3/c1-15(17-10-6-3-7-11-17)12-13-19(22)21-18(20(23)24)14-16-8-4-2-5-9-16/h2-11,15,18H,12-14H2,1H3,(H,21,22)(H,23,24). The average molecular weight is 325 g/mol. The molecule has 0 heterocycles. The van der Waals surface area contributed by atoms with Gasteiger partial charge in [0, 0.05) is 12.8 Å². The molecule has 2 aromatic rings. The summed E-state index contributed by atoms with van der Waals surface area (Å²) in [6, 6.07) is 18.4. The number of hydrogen-bond acceptors (Lipinski definition) is 2. The number of rotatable bonds is 8.